The molecule has 2 nitrogen and oxygen atoms in total. The minimum Gasteiger partial charge on any atom is -0.310 e. The van der Waals surface area contributed by atoms with Gasteiger partial charge in [-0.2, -0.15) is 0 Å². The Morgan fingerprint density at radius 2 is 2.19 bits per heavy atom. The molecule has 0 fully saturated rings. The number of carbonyl (C=O) groups excluding carboxylic acids is 1. The zero-order valence-electron chi connectivity index (χ0n) is 9.26. The highest BCUT2D eigenvalue weighted by Crippen LogP contribution is 2.38. The summed E-state index contributed by atoms with van der Waals surface area (Å²) in [5.74, 6) is 0.190. The normalized spacial score (nSPS) is 14.4. The zero-order valence-corrected chi connectivity index (χ0v) is 11.6. The van der Waals surface area contributed by atoms with Crippen molar-refractivity contribution in [1.82, 2.24) is 0 Å². The number of hydrogen-bond acceptors (Lipinski definition) is 1. The molecule has 0 aromatic heterocycles. The number of benzene rings is 1. The Morgan fingerprint density at radius 3 is 2.81 bits per heavy atom. The van der Waals surface area contributed by atoms with Crippen molar-refractivity contribution >= 4 is 39.1 Å². The molecule has 0 unspecified atom stereocenters. The minimum atomic E-state index is 0.0218. The van der Waals surface area contributed by atoms with Crippen LogP contribution < -0.4 is 4.90 Å². The van der Waals surface area contributed by atoms with E-state index in [1.807, 2.05) is 30.9 Å². The number of halogens is 2. The molecule has 1 aliphatic heterocycles. The Labute approximate surface area is 109 Å². The van der Waals surface area contributed by atoms with E-state index in [2.05, 4.69) is 15.9 Å². The Balaban J connectivity index is 2.43. The van der Waals surface area contributed by atoms with Crippen molar-refractivity contribution in [2.24, 2.45) is 5.92 Å². The monoisotopic (exact) mass is 301 g/mol. The summed E-state index contributed by atoms with van der Waals surface area (Å²) in [5, 5.41) is 0.712. The maximum Gasteiger partial charge on any atom is 0.229 e. The molecule has 86 valence electrons. The number of fused-ring (bicyclic) bond motifs is 1. The third-order valence-corrected chi connectivity index (χ3v) is 3.56. The van der Waals surface area contributed by atoms with Gasteiger partial charge in [-0.05, 0) is 40.0 Å². The SMILES string of the molecule is CC(C)C(=O)N1CCc2cc(Cl)cc(Br)c21. The quantitative estimate of drug-likeness (QED) is 0.775. The maximum absolute atomic E-state index is 12.0. The number of amides is 1. The van der Waals surface area contributed by atoms with Gasteiger partial charge in [0, 0.05) is 22.0 Å². The van der Waals surface area contributed by atoms with Crippen molar-refractivity contribution in [1.29, 1.82) is 0 Å². The van der Waals surface area contributed by atoms with Crippen LogP contribution in [0.15, 0.2) is 16.6 Å². The molecule has 1 aromatic rings. The van der Waals surface area contributed by atoms with Crippen LogP contribution >= 0.6 is 27.5 Å². The highest BCUT2D eigenvalue weighted by molar-refractivity contribution is 9.10. The van der Waals surface area contributed by atoms with Gasteiger partial charge >= 0.3 is 0 Å². The Kier molecular flexibility index (Phi) is 3.27. The van der Waals surface area contributed by atoms with E-state index in [1.165, 1.54) is 0 Å². The van der Waals surface area contributed by atoms with Crippen LogP contribution in [0.1, 0.15) is 19.4 Å². The van der Waals surface area contributed by atoms with Gasteiger partial charge in [0.1, 0.15) is 0 Å². The lowest BCUT2D eigenvalue weighted by Crippen LogP contribution is -2.32. The first kappa shape index (κ1) is 11.9. The lowest BCUT2D eigenvalue weighted by Gasteiger charge is -2.20. The molecule has 0 saturated heterocycles. The molecule has 0 bridgehead atoms. The molecule has 4 heteroatoms. The molecule has 16 heavy (non-hydrogen) atoms. The first-order valence-corrected chi connectivity index (χ1v) is 6.47. The van der Waals surface area contributed by atoms with E-state index in [0.717, 1.165) is 28.7 Å². The first-order chi connectivity index (χ1) is 7.50. The Morgan fingerprint density at radius 1 is 1.50 bits per heavy atom. The molecule has 0 saturated carbocycles. The molecule has 1 aromatic carbocycles. The third-order valence-electron chi connectivity index (χ3n) is 2.74. The standard InChI is InChI=1S/C12H13BrClNO/c1-7(2)12(16)15-4-3-8-5-9(14)6-10(13)11(8)15/h5-7H,3-4H2,1-2H3. The van der Waals surface area contributed by atoms with Crippen LogP contribution in [0.25, 0.3) is 0 Å². The topological polar surface area (TPSA) is 20.3 Å². The summed E-state index contributed by atoms with van der Waals surface area (Å²) in [6.45, 7) is 4.60. The predicted octanol–water partition coefficient (Wildman–Crippen LogP) is 3.65. The lowest BCUT2D eigenvalue weighted by atomic mass is 10.1. The van der Waals surface area contributed by atoms with Crippen molar-refractivity contribution in [3.63, 3.8) is 0 Å². The number of carbonyl (C=O) groups is 1. The molecule has 1 aliphatic rings. The summed E-state index contributed by atoms with van der Waals surface area (Å²) >= 11 is 9.46. The zero-order chi connectivity index (χ0) is 11.9. The maximum atomic E-state index is 12.0. The van der Waals surface area contributed by atoms with E-state index in [1.54, 1.807) is 0 Å². The largest absolute Gasteiger partial charge is 0.310 e. The molecular weight excluding hydrogens is 289 g/mol. The minimum absolute atomic E-state index is 0.0218. The summed E-state index contributed by atoms with van der Waals surface area (Å²) in [4.78, 5) is 13.9. The summed E-state index contributed by atoms with van der Waals surface area (Å²) in [7, 11) is 0. The highest BCUT2D eigenvalue weighted by Gasteiger charge is 2.28. The summed E-state index contributed by atoms with van der Waals surface area (Å²) < 4.78 is 0.904. The van der Waals surface area contributed by atoms with E-state index in [0.29, 0.717) is 5.02 Å². The van der Waals surface area contributed by atoms with Crippen LogP contribution in [-0.4, -0.2) is 12.5 Å². The smallest absolute Gasteiger partial charge is 0.229 e. The van der Waals surface area contributed by atoms with Crippen molar-refractivity contribution in [2.75, 3.05) is 11.4 Å². The molecule has 2 rings (SSSR count). The van der Waals surface area contributed by atoms with Crippen LogP contribution in [0, 0.1) is 5.92 Å². The molecular formula is C12H13BrClNO. The lowest BCUT2D eigenvalue weighted by molar-refractivity contribution is -0.121. The Bertz CT molecular complexity index is 445. The number of rotatable bonds is 1. The van der Waals surface area contributed by atoms with Crippen LogP contribution in [0.2, 0.25) is 5.02 Å². The molecule has 0 atom stereocenters. The van der Waals surface area contributed by atoms with Crippen molar-refractivity contribution in [3.05, 3.63) is 27.2 Å². The van der Waals surface area contributed by atoms with Crippen molar-refractivity contribution < 1.29 is 4.79 Å². The fourth-order valence-corrected chi connectivity index (χ4v) is 3.08. The average molecular weight is 303 g/mol. The van der Waals surface area contributed by atoms with Gasteiger partial charge in [0.2, 0.25) is 5.91 Å². The van der Waals surface area contributed by atoms with Crippen LogP contribution in [0.5, 0.6) is 0 Å². The summed E-state index contributed by atoms with van der Waals surface area (Å²) in [6.07, 6.45) is 0.882. The van der Waals surface area contributed by atoms with E-state index in [4.69, 9.17) is 11.6 Å². The van der Waals surface area contributed by atoms with Gasteiger partial charge in [-0.1, -0.05) is 25.4 Å². The average Bonchev–Trinajstić information content (AvgIpc) is 2.59. The second-order valence-corrected chi connectivity index (χ2v) is 5.58. The van der Waals surface area contributed by atoms with Gasteiger partial charge in [-0.3, -0.25) is 4.79 Å². The second kappa shape index (κ2) is 4.38. The van der Waals surface area contributed by atoms with Crippen LogP contribution in [-0.2, 0) is 11.2 Å². The van der Waals surface area contributed by atoms with Crippen molar-refractivity contribution in [2.45, 2.75) is 20.3 Å². The molecule has 0 aliphatic carbocycles. The Hall–Kier alpha value is -0.540. The third kappa shape index (κ3) is 1.98. The van der Waals surface area contributed by atoms with Crippen LogP contribution in [0.3, 0.4) is 0 Å². The van der Waals surface area contributed by atoms with Gasteiger partial charge in [0.15, 0.2) is 0 Å². The first-order valence-electron chi connectivity index (χ1n) is 5.30. The molecule has 1 heterocycles. The molecule has 0 N–H and O–H groups in total. The number of nitrogens with zero attached hydrogens (tertiary/aromatic N) is 1. The van der Waals surface area contributed by atoms with Crippen LogP contribution in [0.4, 0.5) is 5.69 Å². The van der Waals surface area contributed by atoms with E-state index in [-0.39, 0.29) is 11.8 Å². The molecule has 0 radical (unpaired) electrons. The molecule has 0 spiro atoms. The van der Waals surface area contributed by atoms with Gasteiger partial charge in [0.25, 0.3) is 0 Å². The van der Waals surface area contributed by atoms with E-state index < -0.39 is 0 Å². The number of hydrogen-bond donors (Lipinski definition) is 0. The number of anilines is 1. The van der Waals surface area contributed by atoms with Gasteiger partial charge in [-0.25, -0.2) is 0 Å². The summed E-state index contributed by atoms with van der Waals surface area (Å²) in [6, 6.07) is 3.78. The van der Waals surface area contributed by atoms with Crippen molar-refractivity contribution in [3.8, 4) is 0 Å². The van der Waals surface area contributed by atoms with Gasteiger partial charge in [0.05, 0.1) is 5.69 Å². The van der Waals surface area contributed by atoms with E-state index >= 15 is 0 Å². The van der Waals surface area contributed by atoms with Gasteiger partial charge < -0.3 is 4.90 Å². The summed E-state index contributed by atoms with van der Waals surface area (Å²) in [5.41, 5.74) is 2.14. The fourth-order valence-electron chi connectivity index (χ4n) is 1.99. The van der Waals surface area contributed by atoms with Gasteiger partial charge in [-0.15, -0.1) is 0 Å². The highest BCUT2D eigenvalue weighted by atomic mass is 79.9. The van der Waals surface area contributed by atoms with E-state index in [9.17, 15) is 4.79 Å². The molecule has 1 amide bonds. The predicted molar refractivity (Wildman–Crippen MR) is 70.0 cm³/mol. The second-order valence-electron chi connectivity index (χ2n) is 4.29. The fraction of sp³-hybridized carbons (Fsp3) is 0.417.